The topological polar surface area (TPSA) is 49.9 Å². The zero-order valence-corrected chi connectivity index (χ0v) is 16.6. The molecule has 148 valence electrons. The lowest BCUT2D eigenvalue weighted by atomic mass is 9.99. The van der Waals surface area contributed by atoms with E-state index in [1.165, 1.54) is 0 Å². The number of carbonyl (C=O) groups excluding carboxylic acids is 2. The summed E-state index contributed by atoms with van der Waals surface area (Å²) < 4.78 is 5.23. The Kier molecular flexibility index (Phi) is 6.69. The van der Waals surface area contributed by atoms with Crippen LogP contribution in [0.1, 0.15) is 36.9 Å². The third-order valence-corrected chi connectivity index (χ3v) is 5.20. The van der Waals surface area contributed by atoms with Crippen LogP contribution in [0.15, 0.2) is 54.6 Å². The number of methoxy groups -OCH3 is 1. The number of benzene rings is 2. The highest BCUT2D eigenvalue weighted by molar-refractivity contribution is 5.95. The molecule has 0 unspecified atom stereocenters. The Morgan fingerprint density at radius 3 is 2.36 bits per heavy atom. The molecule has 28 heavy (non-hydrogen) atoms. The maximum atomic E-state index is 13.3. The minimum Gasteiger partial charge on any atom is -0.497 e. The monoisotopic (exact) mass is 380 g/mol. The number of rotatable bonds is 8. The number of ether oxygens (including phenoxy) is 1. The normalized spacial score (nSPS) is 17.1. The van der Waals surface area contributed by atoms with Crippen LogP contribution in [0.5, 0.6) is 5.75 Å². The van der Waals surface area contributed by atoms with Crippen LogP contribution in [-0.2, 0) is 16.0 Å². The lowest BCUT2D eigenvalue weighted by Crippen LogP contribution is -2.56. The lowest BCUT2D eigenvalue weighted by molar-refractivity contribution is -0.156. The summed E-state index contributed by atoms with van der Waals surface area (Å²) >= 11 is 0. The zero-order valence-electron chi connectivity index (χ0n) is 16.6. The molecule has 0 N–H and O–H groups in total. The predicted molar refractivity (Wildman–Crippen MR) is 109 cm³/mol. The van der Waals surface area contributed by atoms with Gasteiger partial charge in [0.25, 0.3) is 0 Å². The molecule has 0 saturated carbocycles. The molecule has 1 fully saturated rings. The number of piperazine rings is 1. The van der Waals surface area contributed by atoms with Crippen LogP contribution in [-0.4, -0.2) is 48.4 Å². The molecular weight excluding hydrogens is 352 g/mol. The van der Waals surface area contributed by atoms with Gasteiger partial charge in [0.05, 0.1) is 13.7 Å². The third-order valence-electron chi connectivity index (χ3n) is 5.20. The molecule has 0 spiro atoms. The fourth-order valence-electron chi connectivity index (χ4n) is 3.57. The van der Waals surface area contributed by atoms with Gasteiger partial charge in [-0.2, -0.15) is 0 Å². The molecule has 0 aliphatic carbocycles. The van der Waals surface area contributed by atoms with Crippen molar-refractivity contribution in [3.8, 4) is 5.75 Å². The van der Waals surface area contributed by atoms with Gasteiger partial charge in [-0.1, -0.05) is 55.8 Å². The molecule has 1 aliphatic heterocycles. The fraction of sp³-hybridized carbons (Fsp3) is 0.391. The summed E-state index contributed by atoms with van der Waals surface area (Å²) in [5.41, 5.74) is 2.00. The van der Waals surface area contributed by atoms with E-state index in [0.717, 1.165) is 36.1 Å². The first-order valence-corrected chi connectivity index (χ1v) is 9.90. The van der Waals surface area contributed by atoms with E-state index in [2.05, 4.69) is 6.92 Å². The van der Waals surface area contributed by atoms with Crippen LogP contribution in [0.25, 0.3) is 0 Å². The molecule has 2 aromatic rings. The number of amides is 2. The van der Waals surface area contributed by atoms with Gasteiger partial charge < -0.3 is 14.5 Å². The maximum Gasteiger partial charge on any atom is 0.250 e. The number of carbonyl (C=O) groups is 2. The molecule has 5 nitrogen and oxygen atoms in total. The van der Waals surface area contributed by atoms with Crippen molar-refractivity contribution in [2.24, 2.45) is 0 Å². The van der Waals surface area contributed by atoms with E-state index in [4.69, 9.17) is 4.74 Å². The van der Waals surface area contributed by atoms with Gasteiger partial charge >= 0.3 is 0 Å². The molecule has 0 aromatic heterocycles. The molecule has 1 atom stereocenters. The Labute approximate surface area is 166 Å². The van der Waals surface area contributed by atoms with Crippen LogP contribution >= 0.6 is 0 Å². The average molecular weight is 380 g/mol. The minimum absolute atomic E-state index is 0.00296. The van der Waals surface area contributed by atoms with Crippen molar-refractivity contribution in [2.45, 2.75) is 32.2 Å². The highest BCUT2D eigenvalue weighted by atomic mass is 16.5. The van der Waals surface area contributed by atoms with Gasteiger partial charge in [-0.05, 0) is 36.1 Å². The van der Waals surface area contributed by atoms with Crippen LogP contribution in [0.4, 0.5) is 0 Å². The molecule has 0 radical (unpaired) electrons. The molecule has 3 rings (SSSR count). The van der Waals surface area contributed by atoms with E-state index < -0.39 is 6.04 Å². The van der Waals surface area contributed by atoms with Crippen molar-refractivity contribution in [3.05, 3.63) is 65.7 Å². The standard InChI is InChI=1S/C23H28N2O3/c1-3-4-15-25-21(26)17-24(16-14-18-8-6-5-7-9-18)23(27)22(25)19-10-12-20(28-2)13-11-19/h5-13,22H,3-4,14-17H2,1-2H3/t22-/m0/s1. The second-order valence-corrected chi connectivity index (χ2v) is 7.11. The number of hydrogen-bond donors (Lipinski definition) is 0. The Morgan fingerprint density at radius 2 is 1.71 bits per heavy atom. The molecule has 2 amide bonds. The van der Waals surface area contributed by atoms with Gasteiger partial charge in [-0.3, -0.25) is 9.59 Å². The Bertz CT molecular complexity index is 789. The Balaban J connectivity index is 1.81. The highest BCUT2D eigenvalue weighted by Gasteiger charge is 2.39. The number of nitrogens with zero attached hydrogens (tertiary/aromatic N) is 2. The molecule has 1 heterocycles. The quantitative estimate of drug-likeness (QED) is 0.705. The SMILES string of the molecule is CCCCN1C(=O)CN(CCc2ccccc2)C(=O)[C@@H]1c1ccc(OC)cc1. The highest BCUT2D eigenvalue weighted by Crippen LogP contribution is 2.29. The van der Waals surface area contributed by atoms with Gasteiger partial charge in [0.2, 0.25) is 11.8 Å². The van der Waals surface area contributed by atoms with Crippen LogP contribution in [0.2, 0.25) is 0 Å². The molecular formula is C23H28N2O3. The molecule has 1 saturated heterocycles. The van der Waals surface area contributed by atoms with Crippen LogP contribution < -0.4 is 4.74 Å². The largest absolute Gasteiger partial charge is 0.497 e. The van der Waals surface area contributed by atoms with E-state index in [-0.39, 0.29) is 18.4 Å². The first kappa shape index (κ1) is 19.9. The summed E-state index contributed by atoms with van der Waals surface area (Å²) in [6, 6.07) is 16.9. The van der Waals surface area contributed by atoms with Gasteiger partial charge in [0.15, 0.2) is 0 Å². The summed E-state index contributed by atoms with van der Waals surface area (Å²) in [6.45, 7) is 3.39. The van der Waals surface area contributed by atoms with Crippen molar-refractivity contribution in [1.29, 1.82) is 0 Å². The van der Waals surface area contributed by atoms with Crippen molar-refractivity contribution < 1.29 is 14.3 Å². The number of hydrogen-bond acceptors (Lipinski definition) is 3. The summed E-state index contributed by atoms with van der Waals surface area (Å²) in [7, 11) is 1.61. The lowest BCUT2D eigenvalue weighted by Gasteiger charge is -2.40. The molecule has 1 aliphatic rings. The fourth-order valence-corrected chi connectivity index (χ4v) is 3.57. The first-order valence-electron chi connectivity index (χ1n) is 9.90. The van der Waals surface area contributed by atoms with Gasteiger partial charge in [0, 0.05) is 13.1 Å². The van der Waals surface area contributed by atoms with Crippen LogP contribution in [0.3, 0.4) is 0 Å². The van der Waals surface area contributed by atoms with Crippen LogP contribution in [0, 0.1) is 0 Å². The van der Waals surface area contributed by atoms with Gasteiger partial charge in [-0.25, -0.2) is 0 Å². The van der Waals surface area contributed by atoms with Crippen molar-refractivity contribution in [3.63, 3.8) is 0 Å². The predicted octanol–water partition coefficient (Wildman–Crippen LogP) is 3.45. The third kappa shape index (κ3) is 4.53. The van der Waals surface area contributed by atoms with Crippen molar-refractivity contribution >= 4 is 11.8 Å². The zero-order chi connectivity index (χ0) is 19.9. The van der Waals surface area contributed by atoms with E-state index in [0.29, 0.717) is 13.1 Å². The second-order valence-electron chi connectivity index (χ2n) is 7.11. The van der Waals surface area contributed by atoms with E-state index in [9.17, 15) is 9.59 Å². The molecule has 2 aromatic carbocycles. The first-order chi connectivity index (χ1) is 13.6. The Hall–Kier alpha value is -2.82. The molecule has 0 bridgehead atoms. The summed E-state index contributed by atoms with van der Waals surface area (Å²) in [5.74, 6) is 0.748. The Morgan fingerprint density at radius 1 is 1.00 bits per heavy atom. The maximum absolute atomic E-state index is 13.3. The van der Waals surface area contributed by atoms with E-state index in [1.54, 1.807) is 16.9 Å². The van der Waals surface area contributed by atoms with Gasteiger partial charge in [-0.15, -0.1) is 0 Å². The summed E-state index contributed by atoms with van der Waals surface area (Å²) in [6.07, 6.45) is 2.60. The smallest absolute Gasteiger partial charge is 0.250 e. The summed E-state index contributed by atoms with van der Waals surface area (Å²) in [4.78, 5) is 29.6. The number of unbranched alkanes of at least 4 members (excludes halogenated alkanes) is 1. The van der Waals surface area contributed by atoms with Gasteiger partial charge in [0.1, 0.15) is 11.8 Å². The van der Waals surface area contributed by atoms with E-state index in [1.807, 2.05) is 54.6 Å². The summed E-state index contributed by atoms with van der Waals surface area (Å²) in [5, 5.41) is 0. The van der Waals surface area contributed by atoms with Crippen molar-refractivity contribution in [2.75, 3.05) is 26.7 Å². The minimum atomic E-state index is -0.561. The van der Waals surface area contributed by atoms with E-state index >= 15 is 0 Å². The molecule has 5 heteroatoms. The van der Waals surface area contributed by atoms with Crippen molar-refractivity contribution in [1.82, 2.24) is 9.80 Å². The second kappa shape index (κ2) is 9.40. The average Bonchev–Trinajstić information content (AvgIpc) is 2.74.